The summed E-state index contributed by atoms with van der Waals surface area (Å²) in [6.07, 6.45) is 0. The van der Waals surface area contributed by atoms with Gasteiger partial charge in [-0.05, 0) is 0 Å². The van der Waals surface area contributed by atoms with E-state index in [1.165, 1.54) is 0 Å². The monoisotopic (exact) mass is 203 g/mol. The summed E-state index contributed by atoms with van der Waals surface area (Å²) in [6.45, 7) is 0. The van der Waals surface area contributed by atoms with Gasteiger partial charge in [-0.1, -0.05) is 0 Å². The van der Waals surface area contributed by atoms with E-state index in [1.807, 2.05) is 0 Å². The van der Waals surface area contributed by atoms with E-state index < -0.39 is 9.05 Å². The van der Waals surface area contributed by atoms with Crippen molar-refractivity contribution in [3.8, 4) is 0 Å². The van der Waals surface area contributed by atoms with Gasteiger partial charge in [0, 0.05) is 0 Å². The van der Waals surface area contributed by atoms with Gasteiger partial charge in [0.15, 0.2) is 0 Å². The number of hydrogen-bond acceptors (Lipinski definition) is 4. The van der Waals surface area contributed by atoms with Gasteiger partial charge in [-0.25, -0.2) is 0 Å². The van der Waals surface area contributed by atoms with Crippen molar-refractivity contribution >= 4 is 102 Å². The molecule has 0 aromatic heterocycles. The Balaban J connectivity index is -0.0000000267. The van der Waals surface area contributed by atoms with E-state index in [2.05, 4.69) is 0 Å². The maximum absolute atomic E-state index is 7.33. The quantitative estimate of drug-likeness (QED) is 0.305. The zero-order valence-corrected chi connectivity index (χ0v) is 10.9. The predicted octanol–water partition coefficient (Wildman–Crippen LogP) is -3.75. The van der Waals surface area contributed by atoms with Crippen molar-refractivity contribution in [1.82, 2.24) is 0 Å². The van der Waals surface area contributed by atoms with Crippen LogP contribution in [0.5, 0.6) is 0 Å². The van der Waals surface area contributed by atoms with Crippen LogP contribution in [-0.2, 0) is 0 Å². The van der Waals surface area contributed by atoms with Crippen LogP contribution in [0.1, 0.15) is 0 Å². The Morgan fingerprint density at radius 1 is 0.750 bits per heavy atom. The van der Waals surface area contributed by atoms with E-state index in [-0.39, 0.29) is 92.8 Å². The largest absolute Gasteiger partial charge is 3.00 e. The molecule has 4 nitrogen and oxygen atoms in total. The minimum atomic E-state index is -4.61. The topological polar surface area (TPSA) is 80.9 Å². The molecule has 0 atom stereocenters. The Morgan fingerprint density at radius 3 is 0.750 bits per heavy atom. The van der Waals surface area contributed by atoms with Crippen LogP contribution in [0, 0.1) is 0 Å². The summed E-state index contributed by atoms with van der Waals surface area (Å²) in [5.74, 6) is 0. The van der Waals surface area contributed by atoms with Crippen molar-refractivity contribution in [2.75, 3.05) is 0 Å². The summed E-state index contributed by atoms with van der Waals surface area (Å²) >= 11 is 0. The van der Waals surface area contributed by atoms with Crippen molar-refractivity contribution < 1.29 is 19.2 Å². The first-order valence-corrected chi connectivity index (χ1v) is 2.68. The second-order valence-electron chi connectivity index (χ2n) is 0.600. The van der Waals surface area contributed by atoms with E-state index in [4.69, 9.17) is 19.2 Å². The molecule has 0 unspecified atom stereocenters. The predicted molar refractivity (Wildman–Crippen MR) is 31.9 cm³/mol. The molecule has 0 radical (unpaired) electrons. The maximum atomic E-state index is 7.33. The summed E-state index contributed by atoms with van der Waals surface area (Å²) in [5, 5.41) is 0. The van der Waals surface area contributed by atoms with Crippen molar-refractivity contribution in [3.05, 3.63) is 0 Å². The summed E-state index contributed by atoms with van der Waals surface area (Å²) in [4.78, 5) is 29.3. The summed E-state index contributed by atoms with van der Waals surface area (Å²) < 4.78 is 0. The molecule has 0 bridgehead atoms. The van der Waals surface area contributed by atoms with Crippen molar-refractivity contribution in [1.29, 1.82) is 0 Å². The molecule has 32 valence electrons. The standard InChI is InChI=1S/Al.2Ca.H4O4Si/c;;;1-5(2,3)4/h;;;1-4H/q+3;2*+2;. The van der Waals surface area contributed by atoms with E-state index in [0.29, 0.717) is 0 Å². The Hall–Kier alpha value is 3.11. The summed E-state index contributed by atoms with van der Waals surface area (Å²) in [5.41, 5.74) is 0. The molecule has 0 fully saturated rings. The van der Waals surface area contributed by atoms with E-state index in [9.17, 15) is 0 Å². The molecule has 0 amide bonds. The summed E-state index contributed by atoms with van der Waals surface area (Å²) in [6, 6.07) is 0. The van der Waals surface area contributed by atoms with E-state index >= 15 is 0 Å². The normalized spacial score (nSPS) is 7.50. The minimum absolute atomic E-state index is 0. The Bertz CT molecular complexity index is 29.5. The van der Waals surface area contributed by atoms with Gasteiger partial charge >= 0.3 is 102 Å². The zero-order valence-electron chi connectivity index (χ0n) is 4.28. The molecule has 8 heavy (non-hydrogen) atoms. The third-order valence-electron chi connectivity index (χ3n) is 0. The fourth-order valence-corrected chi connectivity index (χ4v) is 0. The fourth-order valence-electron chi connectivity index (χ4n) is 0. The van der Waals surface area contributed by atoms with Crippen LogP contribution in [0.2, 0.25) is 0 Å². The smallest absolute Gasteiger partial charge is 0.368 e. The van der Waals surface area contributed by atoms with Crippen LogP contribution < -0.4 is 0 Å². The molecule has 0 saturated heterocycles. The average molecular weight is 203 g/mol. The first-order chi connectivity index (χ1) is 2.00. The van der Waals surface area contributed by atoms with Crippen LogP contribution in [0.3, 0.4) is 0 Å². The van der Waals surface area contributed by atoms with Crippen LogP contribution in [-0.4, -0.2) is 121 Å². The summed E-state index contributed by atoms with van der Waals surface area (Å²) in [7, 11) is -4.61. The van der Waals surface area contributed by atoms with E-state index in [0.717, 1.165) is 0 Å². The first-order valence-electron chi connectivity index (χ1n) is 0.894. The molecule has 0 heterocycles. The van der Waals surface area contributed by atoms with Crippen LogP contribution in [0.4, 0.5) is 0 Å². The molecule has 0 aliphatic heterocycles. The molecular formula is H4AlCa2O4Si+7. The Kier molecular flexibility index (Phi) is 28.4. The molecule has 0 aliphatic rings. The number of rotatable bonds is 0. The van der Waals surface area contributed by atoms with Gasteiger partial charge in [0.1, 0.15) is 0 Å². The second kappa shape index (κ2) is 10.1. The van der Waals surface area contributed by atoms with Gasteiger partial charge in [-0.3, -0.25) is 0 Å². The molecule has 0 aromatic rings. The molecule has 8 heteroatoms. The van der Waals surface area contributed by atoms with Crippen molar-refractivity contribution in [2.24, 2.45) is 0 Å². The first kappa shape index (κ1) is 22.5. The SMILES string of the molecule is O[Si](O)(O)O.[Al+3].[Ca+2].[Ca+2]. The van der Waals surface area contributed by atoms with Gasteiger partial charge in [0.25, 0.3) is 0 Å². The van der Waals surface area contributed by atoms with Crippen molar-refractivity contribution in [3.63, 3.8) is 0 Å². The van der Waals surface area contributed by atoms with Gasteiger partial charge in [0.05, 0.1) is 0 Å². The molecule has 0 saturated carbocycles. The third kappa shape index (κ3) is 62.0. The van der Waals surface area contributed by atoms with Gasteiger partial charge in [-0.2, -0.15) is 0 Å². The van der Waals surface area contributed by atoms with Crippen LogP contribution >= 0.6 is 0 Å². The molecular weight excluding hydrogens is 199 g/mol. The van der Waals surface area contributed by atoms with Crippen LogP contribution in [0.25, 0.3) is 0 Å². The van der Waals surface area contributed by atoms with Gasteiger partial charge in [0.2, 0.25) is 0 Å². The zero-order chi connectivity index (χ0) is 4.50. The van der Waals surface area contributed by atoms with Gasteiger partial charge in [-0.15, -0.1) is 0 Å². The Morgan fingerprint density at radius 2 is 0.750 bits per heavy atom. The molecule has 0 aromatic carbocycles. The molecule has 0 spiro atoms. The van der Waals surface area contributed by atoms with Gasteiger partial charge < -0.3 is 19.2 Å². The maximum Gasteiger partial charge on any atom is 3.00 e. The molecule has 4 N–H and O–H groups in total. The average Bonchev–Trinajstić information content (AvgIpc) is 0.722. The molecule has 0 aliphatic carbocycles. The number of hydrogen-bond donors (Lipinski definition) is 4. The van der Waals surface area contributed by atoms with E-state index in [1.54, 1.807) is 0 Å². The fraction of sp³-hybridized carbons (Fsp3) is 0. The third-order valence-corrected chi connectivity index (χ3v) is 0. The second-order valence-corrected chi connectivity index (χ2v) is 1.80. The molecule has 0 rings (SSSR count). The Labute approximate surface area is 119 Å². The van der Waals surface area contributed by atoms with Crippen LogP contribution in [0.15, 0.2) is 0 Å². The van der Waals surface area contributed by atoms with Crippen molar-refractivity contribution in [2.45, 2.75) is 0 Å². The minimum Gasteiger partial charge on any atom is -0.368 e.